The van der Waals surface area contributed by atoms with Gasteiger partial charge in [0.1, 0.15) is 0 Å². The molecule has 0 radical (unpaired) electrons. The third-order valence-electron chi connectivity index (χ3n) is 1.53. The number of hydrogen-bond donors (Lipinski definition) is 0. The van der Waals surface area contributed by atoms with Gasteiger partial charge in [0.15, 0.2) is 23.0 Å². The molecular weight excluding hydrogens is 281 g/mol. The fourth-order valence-corrected chi connectivity index (χ4v) is 1.29. The lowest BCUT2D eigenvalue weighted by molar-refractivity contribution is -0.126. The summed E-state index contributed by atoms with van der Waals surface area (Å²) in [6.45, 7) is 8.17. The van der Waals surface area contributed by atoms with Crippen LogP contribution in [0.5, 0.6) is 0 Å². The number of nitrogens with zero attached hydrogens (tertiary/aromatic N) is 1. The van der Waals surface area contributed by atoms with Crippen molar-refractivity contribution < 1.29 is 7.86 Å². The molecule has 74 valence electrons. The SMILES string of the molecule is CC/N=C(/C)C(C(=O)OI)=C(C)C. The summed E-state index contributed by atoms with van der Waals surface area (Å²) in [7, 11) is 0. The molecule has 0 aliphatic carbocycles. The van der Waals surface area contributed by atoms with Crippen LogP contribution < -0.4 is 0 Å². The van der Waals surface area contributed by atoms with E-state index in [4.69, 9.17) is 0 Å². The molecule has 0 fully saturated rings. The Hall–Kier alpha value is -0.390. The van der Waals surface area contributed by atoms with Gasteiger partial charge in [-0.15, -0.1) is 0 Å². The largest absolute Gasteiger partial charge is 0.391 e. The van der Waals surface area contributed by atoms with Crippen LogP contribution in [0.1, 0.15) is 27.7 Å². The van der Waals surface area contributed by atoms with Gasteiger partial charge >= 0.3 is 5.97 Å². The summed E-state index contributed by atoms with van der Waals surface area (Å²) in [5, 5.41) is 0. The fraction of sp³-hybridized carbons (Fsp3) is 0.556. The van der Waals surface area contributed by atoms with E-state index >= 15 is 0 Å². The van der Waals surface area contributed by atoms with Crippen molar-refractivity contribution in [3.8, 4) is 0 Å². The molecule has 0 aliphatic rings. The Morgan fingerprint density at radius 2 is 1.92 bits per heavy atom. The molecule has 0 spiro atoms. The van der Waals surface area contributed by atoms with Crippen LogP contribution in [-0.2, 0) is 7.86 Å². The topological polar surface area (TPSA) is 38.7 Å². The first-order valence-electron chi connectivity index (χ1n) is 4.06. The molecule has 13 heavy (non-hydrogen) atoms. The number of allylic oxidation sites excluding steroid dienone is 1. The Morgan fingerprint density at radius 3 is 2.23 bits per heavy atom. The summed E-state index contributed by atoms with van der Waals surface area (Å²) in [5.41, 5.74) is 2.25. The third kappa shape index (κ3) is 3.89. The molecule has 0 rings (SSSR count). The highest BCUT2D eigenvalue weighted by Gasteiger charge is 2.14. The molecule has 0 heterocycles. The van der Waals surface area contributed by atoms with Crippen LogP contribution in [0.25, 0.3) is 0 Å². The van der Waals surface area contributed by atoms with Crippen molar-refractivity contribution in [2.45, 2.75) is 27.7 Å². The Balaban J connectivity index is 4.96. The van der Waals surface area contributed by atoms with Crippen LogP contribution in [0.3, 0.4) is 0 Å². The van der Waals surface area contributed by atoms with Crippen molar-refractivity contribution in [3.05, 3.63) is 11.1 Å². The maximum absolute atomic E-state index is 11.3. The minimum Gasteiger partial charge on any atom is -0.391 e. The molecule has 0 unspecified atom stereocenters. The van der Waals surface area contributed by atoms with E-state index in [9.17, 15) is 4.79 Å². The van der Waals surface area contributed by atoms with Gasteiger partial charge in [-0.25, -0.2) is 4.79 Å². The van der Waals surface area contributed by atoms with Crippen LogP contribution >= 0.6 is 23.0 Å². The summed E-state index contributed by atoms with van der Waals surface area (Å²) in [4.78, 5) is 15.5. The second-order valence-corrected chi connectivity index (χ2v) is 3.24. The predicted octanol–water partition coefficient (Wildman–Crippen LogP) is 2.70. The number of aliphatic imine (C=N–C) groups is 1. The highest BCUT2D eigenvalue weighted by molar-refractivity contribution is 14.1. The van der Waals surface area contributed by atoms with Gasteiger partial charge in [0.2, 0.25) is 0 Å². The minimum absolute atomic E-state index is 0.324. The number of carbonyl (C=O) groups is 1. The third-order valence-corrected chi connectivity index (χ3v) is 1.93. The quantitative estimate of drug-likeness (QED) is 0.456. The van der Waals surface area contributed by atoms with Crippen LogP contribution in [0.15, 0.2) is 16.1 Å². The van der Waals surface area contributed by atoms with Gasteiger partial charge in [-0.3, -0.25) is 4.99 Å². The van der Waals surface area contributed by atoms with Gasteiger partial charge < -0.3 is 3.07 Å². The van der Waals surface area contributed by atoms with Gasteiger partial charge in [0.05, 0.1) is 5.57 Å². The maximum Gasteiger partial charge on any atom is 0.349 e. The monoisotopic (exact) mass is 295 g/mol. The molecule has 0 saturated carbocycles. The summed E-state index contributed by atoms with van der Waals surface area (Å²) in [6.07, 6.45) is 0. The van der Waals surface area contributed by atoms with Crippen molar-refractivity contribution in [3.63, 3.8) is 0 Å². The average molecular weight is 295 g/mol. The lowest BCUT2D eigenvalue weighted by atomic mass is 10.1. The lowest BCUT2D eigenvalue weighted by Crippen LogP contribution is -2.12. The Morgan fingerprint density at radius 1 is 1.38 bits per heavy atom. The predicted molar refractivity (Wildman–Crippen MR) is 62.1 cm³/mol. The van der Waals surface area contributed by atoms with Crippen LogP contribution in [-0.4, -0.2) is 18.2 Å². The Bertz CT molecular complexity index is 252. The maximum atomic E-state index is 11.3. The number of halogens is 1. The van der Waals surface area contributed by atoms with Gasteiger partial charge in [0.25, 0.3) is 0 Å². The fourth-order valence-electron chi connectivity index (χ4n) is 1.07. The number of rotatable bonds is 3. The number of hydrogen-bond acceptors (Lipinski definition) is 3. The van der Waals surface area contributed by atoms with E-state index in [1.54, 1.807) is 23.0 Å². The molecule has 0 bridgehead atoms. The van der Waals surface area contributed by atoms with E-state index < -0.39 is 0 Å². The molecule has 0 saturated heterocycles. The second-order valence-electron chi connectivity index (χ2n) is 2.80. The van der Waals surface area contributed by atoms with Crippen molar-refractivity contribution in [1.82, 2.24) is 0 Å². The molecule has 3 nitrogen and oxygen atoms in total. The zero-order valence-corrected chi connectivity index (χ0v) is 10.5. The zero-order valence-electron chi connectivity index (χ0n) is 8.35. The smallest absolute Gasteiger partial charge is 0.349 e. The first-order chi connectivity index (χ1) is 6.04. The Kier molecular flexibility index (Phi) is 5.94. The van der Waals surface area contributed by atoms with Gasteiger partial charge in [-0.2, -0.15) is 0 Å². The van der Waals surface area contributed by atoms with Crippen molar-refractivity contribution in [2.24, 2.45) is 4.99 Å². The van der Waals surface area contributed by atoms with E-state index in [-0.39, 0.29) is 5.97 Å². The highest BCUT2D eigenvalue weighted by atomic mass is 127. The van der Waals surface area contributed by atoms with Crippen LogP contribution in [0.2, 0.25) is 0 Å². The molecule has 4 heteroatoms. The van der Waals surface area contributed by atoms with E-state index in [1.807, 2.05) is 27.7 Å². The van der Waals surface area contributed by atoms with E-state index in [0.717, 1.165) is 11.3 Å². The van der Waals surface area contributed by atoms with Crippen LogP contribution in [0, 0.1) is 0 Å². The van der Waals surface area contributed by atoms with Crippen molar-refractivity contribution >= 4 is 34.7 Å². The summed E-state index contributed by atoms with van der Waals surface area (Å²) >= 11 is 1.59. The molecular formula is C9H14INO2. The van der Waals surface area contributed by atoms with Crippen LogP contribution in [0.4, 0.5) is 0 Å². The molecule has 0 aromatic carbocycles. The summed E-state index contributed by atoms with van der Waals surface area (Å²) < 4.78 is 4.63. The van der Waals surface area contributed by atoms with E-state index in [1.165, 1.54) is 0 Å². The summed E-state index contributed by atoms with van der Waals surface area (Å²) in [5.74, 6) is -0.324. The van der Waals surface area contributed by atoms with Crippen molar-refractivity contribution in [2.75, 3.05) is 6.54 Å². The standard InChI is InChI=1S/C9H14INO2/c1-5-11-7(4)8(6(2)3)9(12)13-10/h5H2,1-4H3/b11-7-. The normalized spacial score (nSPS) is 11.0. The summed E-state index contributed by atoms with van der Waals surface area (Å²) in [6, 6.07) is 0. The molecule has 0 aromatic heterocycles. The minimum atomic E-state index is -0.324. The first kappa shape index (κ1) is 12.6. The lowest BCUT2D eigenvalue weighted by Gasteiger charge is -2.05. The Labute approximate surface area is 93.0 Å². The van der Waals surface area contributed by atoms with E-state index in [2.05, 4.69) is 8.06 Å². The zero-order chi connectivity index (χ0) is 10.4. The van der Waals surface area contributed by atoms with E-state index in [0.29, 0.717) is 12.1 Å². The number of carbonyl (C=O) groups excluding carboxylic acids is 1. The molecule has 0 aliphatic heterocycles. The van der Waals surface area contributed by atoms with Gasteiger partial charge in [-0.05, 0) is 27.7 Å². The molecule has 0 aromatic rings. The molecule has 0 N–H and O–H groups in total. The molecule has 0 atom stereocenters. The van der Waals surface area contributed by atoms with Gasteiger partial charge in [0, 0.05) is 12.3 Å². The second kappa shape index (κ2) is 6.12. The first-order valence-corrected chi connectivity index (χ1v) is 4.94. The molecule has 0 amide bonds. The average Bonchev–Trinajstić information content (AvgIpc) is 2.04. The van der Waals surface area contributed by atoms with Crippen molar-refractivity contribution in [1.29, 1.82) is 0 Å². The highest BCUT2D eigenvalue weighted by Crippen LogP contribution is 2.10. The van der Waals surface area contributed by atoms with Gasteiger partial charge in [-0.1, -0.05) is 5.57 Å².